The highest BCUT2D eigenvalue weighted by Gasteiger charge is 2.38. The molecule has 108 valence electrons. The van der Waals surface area contributed by atoms with Gasteiger partial charge in [0.2, 0.25) is 5.95 Å². The molecule has 9 nitrogen and oxygen atoms in total. The Labute approximate surface area is 112 Å². The Balaban J connectivity index is 1.99. The Morgan fingerprint density at radius 3 is 2.95 bits per heavy atom. The maximum absolute atomic E-state index is 12.4. The van der Waals surface area contributed by atoms with Crippen molar-refractivity contribution in [3.63, 3.8) is 0 Å². The van der Waals surface area contributed by atoms with Crippen LogP contribution in [0, 0.1) is 0 Å². The lowest BCUT2D eigenvalue weighted by Crippen LogP contribution is -2.25. The van der Waals surface area contributed by atoms with Gasteiger partial charge in [0, 0.05) is 6.42 Å². The summed E-state index contributed by atoms with van der Waals surface area (Å²) in [5.41, 5.74) is 12.0. The van der Waals surface area contributed by atoms with Gasteiger partial charge in [0.1, 0.15) is 24.0 Å². The predicted molar refractivity (Wildman–Crippen MR) is 65.7 cm³/mol. The second-order valence-electron chi connectivity index (χ2n) is 4.47. The van der Waals surface area contributed by atoms with Crippen molar-refractivity contribution in [3.8, 4) is 0 Å². The maximum Gasteiger partial charge on any atom is 0.224 e. The number of aliphatic hydroxyl groups excluding tert-OH is 1. The van der Waals surface area contributed by atoms with E-state index < -0.39 is 18.4 Å². The van der Waals surface area contributed by atoms with Crippen LogP contribution in [0.3, 0.4) is 0 Å². The molecule has 1 aliphatic heterocycles. The monoisotopic (exact) mass is 284 g/mol. The standard InChI is InChI=1S/C10H13FN6O3/c11-20-4-1-6(19-5(4)2-18)17-3-14-7-8(12)15-10(13)16-9(7)17/h3-6,18H,1-2H2,(H4,12,13,15,16)/t4-,5+,6+/m0/s1. The Kier molecular flexibility index (Phi) is 3.12. The fraction of sp³-hybridized carbons (Fsp3) is 0.500. The third-order valence-electron chi connectivity index (χ3n) is 3.25. The molecule has 0 bridgehead atoms. The molecule has 1 saturated heterocycles. The molecule has 0 amide bonds. The highest BCUT2D eigenvalue weighted by Crippen LogP contribution is 2.33. The molecule has 0 aliphatic carbocycles. The molecule has 5 N–H and O–H groups in total. The first-order chi connectivity index (χ1) is 9.63. The SMILES string of the molecule is Nc1nc(N)c2ncn([C@H]3C[C@H](OF)[C@@H](CO)O3)c2n1. The van der Waals surface area contributed by atoms with Crippen molar-refractivity contribution >= 4 is 22.9 Å². The molecule has 0 aromatic carbocycles. The van der Waals surface area contributed by atoms with E-state index in [0.717, 1.165) is 0 Å². The summed E-state index contributed by atoms with van der Waals surface area (Å²) in [5.74, 6) is 0.160. The van der Waals surface area contributed by atoms with Crippen LogP contribution in [0.15, 0.2) is 6.33 Å². The Morgan fingerprint density at radius 1 is 1.50 bits per heavy atom. The lowest BCUT2D eigenvalue weighted by Gasteiger charge is -2.13. The zero-order valence-corrected chi connectivity index (χ0v) is 10.3. The van der Waals surface area contributed by atoms with Crippen molar-refractivity contribution in [2.45, 2.75) is 24.9 Å². The first kappa shape index (κ1) is 13.0. The third-order valence-corrected chi connectivity index (χ3v) is 3.25. The summed E-state index contributed by atoms with van der Waals surface area (Å²) in [4.78, 5) is 15.7. The predicted octanol–water partition coefficient (Wildman–Crippen LogP) is -0.460. The van der Waals surface area contributed by atoms with E-state index in [9.17, 15) is 4.53 Å². The van der Waals surface area contributed by atoms with Gasteiger partial charge in [-0.1, -0.05) is 0 Å². The van der Waals surface area contributed by atoms with E-state index in [1.165, 1.54) is 6.33 Å². The van der Waals surface area contributed by atoms with E-state index in [-0.39, 0.29) is 24.8 Å². The summed E-state index contributed by atoms with van der Waals surface area (Å²) in [6.07, 6.45) is -0.518. The molecule has 1 fully saturated rings. The van der Waals surface area contributed by atoms with Crippen LogP contribution in [0.25, 0.3) is 11.2 Å². The van der Waals surface area contributed by atoms with Gasteiger partial charge < -0.3 is 21.3 Å². The van der Waals surface area contributed by atoms with E-state index in [0.29, 0.717) is 11.2 Å². The molecular formula is C10H13FN6O3. The van der Waals surface area contributed by atoms with Gasteiger partial charge in [-0.15, -0.1) is 0 Å². The van der Waals surface area contributed by atoms with E-state index >= 15 is 0 Å². The number of hydrogen-bond acceptors (Lipinski definition) is 8. The number of rotatable bonds is 3. The van der Waals surface area contributed by atoms with Crippen LogP contribution in [0.1, 0.15) is 12.6 Å². The summed E-state index contributed by atoms with van der Waals surface area (Å²) in [6.45, 7) is -0.350. The number of nitrogens with zero attached hydrogens (tertiary/aromatic N) is 4. The van der Waals surface area contributed by atoms with Crippen molar-refractivity contribution in [1.82, 2.24) is 19.5 Å². The first-order valence-corrected chi connectivity index (χ1v) is 5.93. The maximum atomic E-state index is 12.4. The Bertz CT molecular complexity index is 623. The molecule has 0 saturated carbocycles. The topological polar surface area (TPSA) is 134 Å². The molecule has 0 radical (unpaired) electrons. The van der Waals surface area contributed by atoms with E-state index in [2.05, 4.69) is 19.9 Å². The molecule has 0 unspecified atom stereocenters. The molecular weight excluding hydrogens is 271 g/mol. The minimum absolute atomic E-state index is 0.00625. The fourth-order valence-electron chi connectivity index (χ4n) is 2.30. The van der Waals surface area contributed by atoms with Gasteiger partial charge in [0.15, 0.2) is 11.5 Å². The molecule has 20 heavy (non-hydrogen) atoms. The van der Waals surface area contributed by atoms with Crippen LogP contribution >= 0.6 is 0 Å². The number of anilines is 2. The number of halogens is 1. The average Bonchev–Trinajstić information content (AvgIpc) is 3.01. The van der Waals surface area contributed by atoms with Gasteiger partial charge in [-0.25, -0.2) is 4.98 Å². The molecule has 3 heterocycles. The molecule has 2 aromatic heterocycles. The van der Waals surface area contributed by atoms with Gasteiger partial charge in [-0.05, 0) is 4.53 Å². The number of nitrogen functional groups attached to an aromatic ring is 2. The molecule has 0 spiro atoms. The normalized spacial score (nSPS) is 26.4. The van der Waals surface area contributed by atoms with Crippen molar-refractivity contribution in [2.75, 3.05) is 18.1 Å². The van der Waals surface area contributed by atoms with Crippen LogP contribution < -0.4 is 11.5 Å². The number of ether oxygens (including phenoxy) is 1. The van der Waals surface area contributed by atoms with Gasteiger partial charge in [-0.2, -0.15) is 14.9 Å². The van der Waals surface area contributed by atoms with E-state index in [1.807, 2.05) is 0 Å². The van der Waals surface area contributed by atoms with Crippen LogP contribution in [0.2, 0.25) is 0 Å². The Morgan fingerprint density at radius 2 is 2.30 bits per heavy atom. The molecule has 10 heteroatoms. The van der Waals surface area contributed by atoms with Crippen molar-refractivity contribution < 1.29 is 19.3 Å². The average molecular weight is 284 g/mol. The number of aromatic nitrogens is 4. The van der Waals surface area contributed by atoms with Gasteiger partial charge in [0.05, 0.1) is 12.9 Å². The number of fused-ring (bicyclic) bond motifs is 1. The summed E-state index contributed by atoms with van der Waals surface area (Å²) in [5, 5.41) is 9.12. The van der Waals surface area contributed by atoms with Crippen molar-refractivity contribution in [1.29, 1.82) is 0 Å². The van der Waals surface area contributed by atoms with Gasteiger partial charge >= 0.3 is 0 Å². The molecule has 2 aromatic rings. The van der Waals surface area contributed by atoms with Gasteiger partial charge in [-0.3, -0.25) is 4.57 Å². The van der Waals surface area contributed by atoms with Crippen molar-refractivity contribution in [3.05, 3.63) is 6.33 Å². The van der Waals surface area contributed by atoms with Crippen LogP contribution in [-0.2, 0) is 9.68 Å². The largest absolute Gasteiger partial charge is 0.394 e. The van der Waals surface area contributed by atoms with Crippen LogP contribution in [-0.4, -0.2) is 43.4 Å². The molecule has 3 rings (SSSR count). The second kappa shape index (κ2) is 4.81. The van der Waals surface area contributed by atoms with E-state index in [4.69, 9.17) is 21.3 Å². The van der Waals surface area contributed by atoms with Gasteiger partial charge in [0.25, 0.3) is 0 Å². The zero-order valence-electron chi connectivity index (χ0n) is 10.3. The third kappa shape index (κ3) is 1.94. The lowest BCUT2D eigenvalue weighted by molar-refractivity contribution is -0.197. The summed E-state index contributed by atoms with van der Waals surface area (Å²) in [6, 6.07) is 0. The molecule has 3 atom stereocenters. The highest BCUT2D eigenvalue weighted by molar-refractivity contribution is 5.82. The van der Waals surface area contributed by atoms with Crippen LogP contribution in [0.4, 0.5) is 16.3 Å². The summed E-state index contributed by atoms with van der Waals surface area (Å²) < 4.78 is 19.5. The minimum Gasteiger partial charge on any atom is -0.394 e. The number of aliphatic hydroxyl groups is 1. The summed E-state index contributed by atoms with van der Waals surface area (Å²) >= 11 is 0. The quantitative estimate of drug-likeness (QED) is 0.689. The van der Waals surface area contributed by atoms with Crippen molar-refractivity contribution in [2.24, 2.45) is 0 Å². The van der Waals surface area contributed by atoms with Crippen LogP contribution in [0.5, 0.6) is 0 Å². The number of imidazole rings is 1. The Hall–Kier alpha value is -2.04. The molecule has 1 aliphatic rings. The smallest absolute Gasteiger partial charge is 0.224 e. The number of nitrogens with two attached hydrogens (primary N) is 2. The zero-order chi connectivity index (χ0) is 14.3. The number of hydrogen-bond donors (Lipinski definition) is 3. The minimum atomic E-state index is -0.848. The second-order valence-corrected chi connectivity index (χ2v) is 4.47. The first-order valence-electron chi connectivity index (χ1n) is 5.93. The summed E-state index contributed by atoms with van der Waals surface area (Å²) in [7, 11) is 0. The fourth-order valence-corrected chi connectivity index (χ4v) is 2.30. The lowest BCUT2D eigenvalue weighted by atomic mass is 10.2. The van der Waals surface area contributed by atoms with E-state index in [1.54, 1.807) is 4.57 Å². The highest BCUT2D eigenvalue weighted by atomic mass is 19.3.